The molecular weight excluding hydrogens is 531 g/mol. The van der Waals surface area contributed by atoms with E-state index < -0.39 is 63.6 Å². The first-order chi connectivity index (χ1) is 17.3. The maximum atomic E-state index is 12.9. The highest BCUT2D eigenvalue weighted by atomic mass is 35.5. The van der Waals surface area contributed by atoms with Gasteiger partial charge in [0.25, 0.3) is 5.69 Å². The lowest BCUT2D eigenvalue weighted by atomic mass is 10.1. The Hall–Kier alpha value is -3.91. The fraction of sp³-hybridized carbons (Fsp3) is 0.318. The fourth-order valence-electron chi connectivity index (χ4n) is 2.75. The number of esters is 3. The lowest BCUT2D eigenvalue weighted by molar-refractivity contribution is -0.386. The van der Waals surface area contributed by atoms with Gasteiger partial charge in [-0.3, -0.25) is 14.9 Å². The molecule has 2 rings (SSSR count). The van der Waals surface area contributed by atoms with E-state index in [1.165, 1.54) is 7.11 Å². The first-order valence-corrected chi connectivity index (χ1v) is 10.5. The summed E-state index contributed by atoms with van der Waals surface area (Å²) in [6, 6.07) is 5.19. The number of nitro groups is 1. The van der Waals surface area contributed by atoms with Gasteiger partial charge in [-0.25, -0.2) is 9.59 Å². The Bertz CT molecular complexity index is 1170. The third kappa shape index (κ3) is 8.61. The van der Waals surface area contributed by atoms with Crippen LogP contribution in [-0.4, -0.2) is 49.8 Å². The van der Waals surface area contributed by atoms with Gasteiger partial charge in [-0.05, 0) is 30.3 Å². The van der Waals surface area contributed by atoms with Crippen LogP contribution in [0.15, 0.2) is 36.4 Å². The molecule has 1 atom stereocenters. The third-order valence-electron chi connectivity index (χ3n) is 4.35. The second-order valence-electron chi connectivity index (χ2n) is 7.03. The molecular formula is C22H19ClF3NO10. The van der Waals surface area contributed by atoms with Crippen LogP contribution in [0.5, 0.6) is 11.5 Å². The molecule has 0 amide bonds. The summed E-state index contributed by atoms with van der Waals surface area (Å²) in [6.07, 6.45) is -6.66. The SMILES string of the molecule is COCCOC(=O)COC(=O)C(OC(C)=O)c1cc(Oc2ccc(C(F)(F)F)cc2Cl)ccc1[N+](=O)[O-]. The van der Waals surface area contributed by atoms with Crippen LogP contribution in [0, 0.1) is 10.1 Å². The Morgan fingerprint density at radius 1 is 1.08 bits per heavy atom. The number of carbonyl (C=O) groups excluding carboxylic acids is 3. The average Bonchev–Trinajstić information content (AvgIpc) is 2.81. The van der Waals surface area contributed by atoms with Gasteiger partial charge >= 0.3 is 24.1 Å². The van der Waals surface area contributed by atoms with Crippen molar-refractivity contribution in [1.29, 1.82) is 0 Å². The molecule has 11 nitrogen and oxygen atoms in total. The predicted molar refractivity (Wildman–Crippen MR) is 118 cm³/mol. The third-order valence-corrected chi connectivity index (χ3v) is 4.64. The number of benzene rings is 2. The molecule has 2 aromatic rings. The second kappa shape index (κ2) is 12.9. The van der Waals surface area contributed by atoms with E-state index >= 15 is 0 Å². The van der Waals surface area contributed by atoms with Crippen LogP contribution in [0.2, 0.25) is 5.02 Å². The van der Waals surface area contributed by atoms with Gasteiger partial charge in [0.1, 0.15) is 18.1 Å². The van der Waals surface area contributed by atoms with E-state index in [1.54, 1.807) is 0 Å². The van der Waals surface area contributed by atoms with E-state index in [1.807, 2.05) is 0 Å². The van der Waals surface area contributed by atoms with Gasteiger partial charge in [-0.1, -0.05) is 11.6 Å². The Labute approximate surface area is 212 Å². The van der Waals surface area contributed by atoms with Crippen molar-refractivity contribution < 1.29 is 56.2 Å². The molecule has 0 radical (unpaired) electrons. The summed E-state index contributed by atoms with van der Waals surface area (Å²) in [5, 5.41) is 11.1. The highest BCUT2D eigenvalue weighted by molar-refractivity contribution is 6.32. The van der Waals surface area contributed by atoms with Crippen LogP contribution in [0.25, 0.3) is 0 Å². The standard InChI is InChI=1S/C22H19ClF3NO10/c1-12(28)36-20(21(30)35-11-19(29)34-8-7-33-2)15-10-14(4-5-17(15)27(31)32)37-18-6-3-13(9-16(18)23)22(24,25)26/h3-6,9-10,20H,7-8,11H2,1-2H3. The number of methoxy groups -OCH3 is 1. The molecule has 0 heterocycles. The molecule has 0 aliphatic carbocycles. The molecule has 200 valence electrons. The highest BCUT2D eigenvalue weighted by Gasteiger charge is 2.34. The Balaban J connectivity index is 2.36. The van der Waals surface area contributed by atoms with E-state index in [9.17, 15) is 37.7 Å². The minimum absolute atomic E-state index is 0.0810. The Morgan fingerprint density at radius 3 is 2.35 bits per heavy atom. The molecule has 0 aromatic heterocycles. The number of rotatable bonds is 11. The summed E-state index contributed by atoms with van der Waals surface area (Å²) in [5.74, 6) is -3.76. The topological polar surface area (TPSA) is 140 Å². The van der Waals surface area contributed by atoms with Crippen molar-refractivity contribution in [2.45, 2.75) is 19.2 Å². The number of nitrogens with zero attached hydrogens (tertiary/aromatic N) is 1. The van der Waals surface area contributed by atoms with E-state index in [2.05, 4.69) is 0 Å². The zero-order chi connectivity index (χ0) is 27.8. The summed E-state index contributed by atoms with van der Waals surface area (Å²) in [7, 11) is 1.37. The van der Waals surface area contributed by atoms with Crippen molar-refractivity contribution >= 4 is 35.2 Å². The van der Waals surface area contributed by atoms with Crippen LogP contribution < -0.4 is 4.74 Å². The number of carbonyl (C=O) groups is 3. The fourth-order valence-corrected chi connectivity index (χ4v) is 2.97. The van der Waals surface area contributed by atoms with Gasteiger partial charge in [0.15, 0.2) is 6.61 Å². The summed E-state index contributed by atoms with van der Waals surface area (Å²) in [5.41, 5.74) is -2.22. The van der Waals surface area contributed by atoms with Crippen molar-refractivity contribution in [2.75, 3.05) is 26.9 Å². The predicted octanol–water partition coefficient (Wildman–Crippen LogP) is 4.40. The van der Waals surface area contributed by atoms with Crippen molar-refractivity contribution in [3.63, 3.8) is 0 Å². The molecule has 0 spiro atoms. The summed E-state index contributed by atoms with van der Waals surface area (Å²) in [4.78, 5) is 46.6. The summed E-state index contributed by atoms with van der Waals surface area (Å²) in [6.45, 7) is -0.0196. The molecule has 0 bridgehead atoms. The van der Waals surface area contributed by atoms with Gasteiger partial charge < -0.3 is 23.7 Å². The molecule has 0 aliphatic rings. The van der Waals surface area contributed by atoms with Crippen LogP contribution in [-0.2, 0) is 39.5 Å². The first kappa shape index (κ1) is 29.3. The van der Waals surface area contributed by atoms with Crippen LogP contribution >= 0.6 is 11.6 Å². The molecule has 0 saturated carbocycles. The summed E-state index contributed by atoms with van der Waals surface area (Å²) < 4.78 is 63.2. The van der Waals surface area contributed by atoms with Gasteiger partial charge in [0.05, 0.1) is 27.7 Å². The zero-order valence-corrected chi connectivity index (χ0v) is 20.0. The monoisotopic (exact) mass is 549 g/mol. The second-order valence-corrected chi connectivity index (χ2v) is 7.44. The van der Waals surface area contributed by atoms with E-state index in [0.29, 0.717) is 12.1 Å². The minimum atomic E-state index is -4.66. The molecule has 0 aliphatic heterocycles. The number of halogens is 4. The van der Waals surface area contributed by atoms with Gasteiger partial charge in [-0.15, -0.1) is 0 Å². The number of ether oxygens (including phenoxy) is 5. The van der Waals surface area contributed by atoms with Crippen molar-refractivity contribution in [2.24, 2.45) is 0 Å². The smallest absolute Gasteiger partial charge is 0.416 e. The molecule has 37 heavy (non-hydrogen) atoms. The molecule has 15 heteroatoms. The zero-order valence-electron chi connectivity index (χ0n) is 19.2. The molecule has 0 fully saturated rings. The van der Waals surface area contributed by atoms with Crippen molar-refractivity contribution in [1.82, 2.24) is 0 Å². The highest BCUT2D eigenvalue weighted by Crippen LogP contribution is 2.38. The lowest BCUT2D eigenvalue weighted by Crippen LogP contribution is -2.25. The molecule has 2 aromatic carbocycles. The van der Waals surface area contributed by atoms with Crippen LogP contribution in [0.1, 0.15) is 24.2 Å². The van der Waals surface area contributed by atoms with Gasteiger partial charge in [0.2, 0.25) is 6.10 Å². The first-order valence-electron chi connectivity index (χ1n) is 10.1. The largest absolute Gasteiger partial charge is 0.461 e. The van der Waals surface area contributed by atoms with E-state index in [-0.39, 0.29) is 24.7 Å². The van der Waals surface area contributed by atoms with Crippen LogP contribution in [0.3, 0.4) is 0 Å². The number of hydrogen-bond acceptors (Lipinski definition) is 10. The Kier molecular flexibility index (Phi) is 10.2. The van der Waals surface area contributed by atoms with Gasteiger partial charge in [-0.2, -0.15) is 13.2 Å². The average molecular weight is 550 g/mol. The number of nitro benzene ring substituents is 1. The Morgan fingerprint density at radius 2 is 1.78 bits per heavy atom. The van der Waals surface area contributed by atoms with E-state index in [4.69, 9.17) is 35.3 Å². The molecule has 0 saturated heterocycles. The molecule has 0 N–H and O–H groups in total. The molecule has 1 unspecified atom stereocenters. The quantitative estimate of drug-likeness (QED) is 0.130. The number of hydrogen-bond donors (Lipinski definition) is 0. The van der Waals surface area contributed by atoms with Crippen molar-refractivity contribution in [3.05, 3.63) is 62.7 Å². The minimum Gasteiger partial charge on any atom is -0.461 e. The van der Waals surface area contributed by atoms with E-state index in [0.717, 1.165) is 31.2 Å². The number of alkyl halides is 3. The maximum absolute atomic E-state index is 12.9. The van der Waals surface area contributed by atoms with Gasteiger partial charge in [0, 0.05) is 20.1 Å². The normalized spacial score (nSPS) is 11.8. The summed E-state index contributed by atoms with van der Waals surface area (Å²) >= 11 is 5.88. The van der Waals surface area contributed by atoms with Crippen LogP contribution in [0.4, 0.5) is 18.9 Å². The maximum Gasteiger partial charge on any atom is 0.416 e. The van der Waals surface area contributed by atoms with Crippen molar-refractivity contribution in [3.8, 4) is 11.5 Å². The lowest BCUT2D eigenvalue weighted by Gasteiger charge is -2.17.